The number of benzene rings is 4. The largest absolute Gasteiger partial charge is 0.370 e. The van der Waals surface area contributed by atoms with Gasteiger partial charge in [0, 0.05) is 38.0 Å². The highest BCUT2D eigenvalue weighted by Crippen LogP contribution is 2.28. The van der Waals surface area contributed by atoms with Crippen LogP contribution in [0.3, 0.4) is 0 Å². The molecule has 0 heterocycles. The zero-order valence-electron chi connectivity index (χ0n) is 35.1. The fraction of sp³-hybridized carbons (Fsp3) is 0.378. The molecular weight excluding hydrogens is 1190 g/mol. The second kappa shape index (κ2) is 41.8. The number of hydrogen-bond donors (Lipinski definition) is 8. The van der Waals surface area contributed by atoms with Gasteiger partial charge < -0.3 is 33.6 Å². The van der Waals surface area contributed by atoms with Crippen LogP contribution in [-0.2, 0) is 0 Å². The SMILES string of the molecule is Br.Br.Br.Br.Br.Br.C.NC(=NCCCNCCCCNCCCN=C(N)NC(N)=NCCC(c1ccccc1)c1ccccc1)NC(N)=NCCC(c1ccccc1)c1ccccc1. The Hall–Kier alpha value is -2.84. The number of guanidine groups is 4. The monoisotopic (exact) mass is 1250 g/mol. The highest BCUT2D eigenvalue weighted by molar-refractivity contribution is 8.93. The molecule has 12 N–H and O–H groups in total. The van der Waals surface area contributed by atoms with Crippen molar-refractivity contribution in [1.29, 1.82) is 0 Å². The van der Waals surface area contributed by atoms with E-state index in [2.05, 4.69) is 138 Å². The molecule has 18 heteroatoms. The quantitative estimate of drug-likeness (QED) is 0.0205. The predicted molar refractivity (Wildman–Crippen MR) is 304 cm³/mol. The lowest BCUT2D eigenvalue weighted by Gasteiger charge is -2.17. The van der Waals surface area contributed by atoms with Gasteiger partial charge in [-0.1, -0.05) is 129 Å². The molecule has 4 aromatic rings. The molecule has 0 aromatic heterocycles. The molecule has 0 saturated heterocycles. The van der Waals surface area contributed by atoms with Crippen LogP contribution in [0.2, 0.25) is 0 Å². The van der Waals surface area contributed by atoms with Crippen molar-refractivity contribution < 1.29 is 0 Å². The summed E-state index contributed by atoms with van der Waals surface area (Å²) in [7, 11) is 0. The Labute approximate surface area is 439 Å². The molecule has 354 valence electrons. The van der Waals surface area contributed by atoms with E-state index in [1.54, 1.807) is 0 Å². The van der Waals surface area contributed by atoms with Crippen molar-refractivity contribution in [2.75, 3.05) is 52.4 Å². The van der Waals surface area contributed by atoms with Crippen molar-refractivity contribution in [3.63, 3.8) is 0 Å². The topological polar surface area (TPSA) is 202 Å². The molecule has 0 amide bonds. The van der Waals surface area contributed by atoms with E-state index in [9.17, 15) is 0 Å². The Bertz CT molecular complexity index is 1570. The van der Waals surface area contributed by atoms with Gasteiger partial charge in [0.05, 0.1) is 0 Å². The van der Waals surface area contributed by atoms with E-state index in [4.69, 9.17) is 22.9 Å². The van der Waals surface area contributed by atoms with Crippen molar-refractivity contribution in [3.8, 4) is 0 Å². The molecule has 0 aliphatic heterocycles. The van der Waals surface area contributed by atoms with E-state index in [1.165, 1.54) is 22.3 Å². The van der Waals surface area contributed by atoms with Crippen LogP contribution in [0.25, 0.3) is 0 Å². The second-order valence-corrected chi connectivity index (χ2v) is 13.6. The Balaban J connectivity index is -0.00000249. The fourth-order valence-electron chi connectivity index (χ4n) is 6.40. The third kappa shape index (κ3) is 28.6. The predicted octanol–water partition coefficient (Wildman–Crippen LogP) is 8.71. The second-order valence-electron chi connectivity index (χ2n) is 13.6. The summed E-state index contributed by atoms with van der Waals surface area (Å²) < 4.78 is 0. The highest BCUT2D eigenvalue weighted by atomic mass is 79.9. The highest BCUT2D eigenvalue weighted by Gasteiger charge is 2.14. The van der Waals surface area contributed by atoms with Crippen LogP contribution in [-0.4, -0.2) is 76.2 Å². The molecule has 63 heavy (non-hydrogen) atoms. The molecule has 0 atom stereocenters. The Morgan fingerprint density at radius 1 is 0.365 bits per heavy atom. The van der Waals surface area contributed by atoms with Crippen molar-refractivity contribution in [3.05, 3.63) is 144 Å². The van der Waals surface area contributed by atoms with Gasteiger partial charge in [0.2, 0.25) is 0 Å². The lowest BCUT2D eigenvalue weighted by atomic mass is 9.89. The average Bonchev–Trinajstić information content (AvgIpc) is 3.22. The number of nitrogens with one attached hydrogen (secondary N) is 4. The lowest BCUT2D eigenvalue weighted by Crippen LogP contribution is -2.42. The van der Waals surface area contributed by atoms with Gasteiger partial charge in [-0.3, -0.25) is 30.6 Å². The number of unbranched alkanes of at least 4 members (excludes halogenated alkanes) is 1. The van der Waals surface area contributed by atoms with Crippen LogP contribution in [0.1, 0.15) is 80.0 Å². The number of aliphatic imine (C=N–C) groups is 4. The van der Waals surface area contributed by atoms with E-state index in [-0.39, 0.29) is 145 Å². The molecule has 0 radical (unpaired) electrons. The van der Waals surface area contributed by atoms with Crippen molar-refractivity contribution in [2.24, 2.45) is 42.9 Å². The Morgan fingerprint density at radius 3 is 0.873 bits per heavy atom. The van der Waals surface area contributed by atoms with Crippen LogP contribution in [0, 0.1) is 0 Å². The van der Waals surface area contributed by atoms with Crippen molar-refractivity contribution >= 4 is 126 Å². The summed E-state index contributed by atoms with van der Waals surface area (Å²) in [5.74, 6) is 1.61. The molecule has 0 spiro atoms. The van der Waals surface area contributed by atoms with Gasteiger partial charge >= 0.3 is 0 Å². The maximum Gasteiger partial charge on any atom is 0.195 e. The van der Waals surface area contributed by atoms with Crippen LogP contribution in [0.4, 0.5) is 0 Å². The van der Waals surface area contributed by atoms with Gasteiger partial charge in [0.15, 0.2) is 23.8 Å². The van der Waals surface area contributed by atoms with E-state index in [0.29, 0.717) is 26.2 Å². The minimum absolute atomic E-state index is 0. The summed E-state index contributed by atoms with van der Waals surface area (Å²) in [6.45, 7) is 6.02. The summed E-state index contributed by atoms with van der Waals surface area (Å²) in [6, 6.07) is 41.9. The Kier molecular flexibility index (Phi) is 44.3. The number of hydrogen-bond acceptors (Lipinski definition) is 6. The molecule has 0 aliphatic rings. The molecular formula is C45H72Br6N12. The van der Waals surface area contributed by atoms with Gasteiger partial charge in [-0.25, -0.2) is 0 Å². The first-order chi connectivity index (χ1) is 27.5. The lowest BCUT2D eigenvalue weighted by molar-refractivity contribution is 0.570. The molecule has 0 aliphatic carbocycles. The van der Waals surface area contributed by atoms with Gasteiger partial charge in [0.1, 0.15) is 0 Å². The average molecular weight is 1260 g/mol. The molecule has 0 saturated carbocycles. The molecule has 4 rings (SSSR count). The van der Waals surface area contributed by atoms with Crippen molar-refractivity contribution in [2.45, 2.75) is 57.8 Å². The summed E-state index contributed by atoms with van der Waals surface area (Å²) in [6.07, 6.45) is 5.61. The maximum absolute atomic E-state index is 6.10. The molecule has 0 fully saturated rings. The molecule has 12 nitrogen and oxygen atoms in total. The van der Waals surface area contributed by atoms with Gasteiger partial charge in [-0.2, -0.15) is 0 Å². The maximum atomic E-state index is 6.10. The van der Waals surface area contributed by atoms with Crippen molar-refractivity contribution in [1.82, 2.24) is 21.3 Å². The van der Waals surface area contributed by atoms with Gasteiger partial charge in [0.25, 0.3) is 0 Å². The summed E-state index contributed by atoms with van der Waals surface area (Å²) in [4.78, 5) is 17.8. The number of nitrogens with zero attached hydrogens (tertiary/aromatic N) is 4. The zero-order valence-corrected chi connectivity index (χ0v) is 45.4. The Morgan fingerprint density at radius 2 is 0.603 bits per heavy atom. The van der Waals surface area contributed by atoms with E-state index in [1.807, 2.05) is 24.3 Å². The first-order valence-corrected chi connectivity index (χ1v) is 19.8. The number of nitrogens with two attached hydrogens (primary N) is 4. The van der Waals surface area contributed by atoms with E-state index >= 15 is 0 Å². The van der Waals surface area contributed by atoms with Gasteiger partial charge in [-0.15, -0.1) is 102 Å². The summed E-state index contributed by atoms with van der Waals surface area (Å²) in [5.41, 5.74) is 29.3. The third-order valence-corrected chi connectivity index (χ3v) is 9.26. The zero-order chi connectivity index (χ0) is 39.5. The van der Waals surface area contributed by atoms with Gasteiger partial charge in [-0.05, 0) is 87.0 Å². The van der Waals surface area contributed by atoms with E-state index < -0.39 is 0 Å². The van der Waals surface area contributed by atoms with Crippen LogP contribution < -0.4 is 44.2 Å². The van der Waals surface area contributed by atoms with E-state index in [0.717, 1.165) is 64.7 Å². The minimum Gasteiger partial charge on any atom is -0.370 e. The molecule has 0 unspecified atom stereocenters. The molecule has 0 bridgehead atoms. The van der Waals surface area contributed by atoms with Crippen LogP contribution in [0.5, 0.6) is 0 Å². The van der Waals surface area contributed by atoms with Crippen LogP contribution in [0.15, 0.2) is 141 Å². The standard InChI is InChI=1S/C44H62N12.CH4.6BrH/c45-41(55-43(47)53-33-25-39(35-17-5-1-6-18-35)36-19-7-2-8-20-36)51-31-15-29-49-27-13-14-28-50-30-16-32-52-42(46)56-44(48)54-34-26-40(37-21-9-3-10-22-37)38-23-11-4-12-24-38;;;;;;;/h1-12,17-24,39-40,49-50H,13-16,25-34H2,(H5,45,47,51,53,55)(H5,46,48,52,54,56);1H4;6*1H. The summed E-state index contributed by atoms with van der Waals surface area (Å²) in [5, 5.41) is 12.8. The van der Waals surface area contributed by atoms with Crippen LogP contribution >= 0.6 is 102 Å². The third-order valence-electron chi connectivity index (χ3n) is 9.26. The molecule has 4 aromatic carbocycles. The fourth-order valence-corrected chi connectivity index (χ4v) is 6.40. The summed E-state index contributed by atoms with van der Waals surface area (Å²) >= 11 is 0. The first kappa shape index (κ1) is 66.8. The first-order valence-electron chi connectivity index (χ1n) is 19.8. The number of rotatable bonds is 23. The smallest absolute Gasteiger partial charge is 0.195 e. The number of halogens is 6. The minimum atomic E-state index is 0. The normalized spacial score (nSPS) is 11.3.